The van der Waals surface area contributed by atoms with E-state index in [4.69, 9.17) is 10.9 Å². The van der Waals surface area contributed by atoms with E-state index in [2.05, 4.69) is 28.9 Å². The number of hydrogen-bond acceptors (Lipinski definition) is 6. The average Bonchev–Trinajstić information content (AvgIpc) is 2.99. The third kappa shape index (κ3) is 9.18. The number of sulfonamides is 1. The van der Waals surface area contributed by atoms with Crippen LogP contribution in [0.5, 0.6) is 0 Å². The van der Waals surface area contributed by atoms with Gasteiger partial charge in [-0.1, -0.05) is 65.8 Å². The van der Waals surface area contributed by atoms with Crippen LogP contribution in [0, 0.1) is 0 Å². The van der Waals surface area contributed by atoms with Crippen LogP contribution in [0.3, 0.4) is 0 Å². The minimum atomic E-state index is -4.18. The molecule has 1 aliphatic heterocycles. The van der Waals surface area contributed by atoms with Crippen LogP contribution in [0.1, 0.15) is 88.5 Å². The second kappa shape index (κ2) is 15.5. The highest BCUT2D eigenvalue weighted by Crippen LogP contribution is 2.35. The fourth-order valence-electron chi connectivity index (χ4n) is 5.39. The number of carbonyl (C=O) groups is 2. The van der Waals surface area contributed by atoms with Gasteiger partial charge in [0, 0.05) is 32.7 Å². The highest BCUT2D eigenvalue weighted by atomic mass is 32.2. The van der Waals surface area contributed by atoms with Gasteiger partial charge in [-0.25, -0.2) is 23.7 Å². The Morgan fingerprint density at radius 3 is 2.02 bits per heavy atom. The largest absolute Gasteiger partial charge is 0.368 e. The average molecular weight is 644 g/mol. The maximum Gasteiger partial charge on any atom is 0.317 e. The highest BCUT2D eigenvalue weighted by molar-refractivity contribution is 7.89. The van der Waals surface area contributed by atoms with Crippen LogP contribution >= 0.6 is 0 Å². The molecule has 1 fully saturated rings. The third-order valence-corrected chi connectivity index (χ3v) is 9.47. The van der Waals surface area contributed by atoms with Crippen LogP contribution in [0.2, 0.25) is 0 Å². The van der Waals surface area contributed by atoms with Gasteiger partial charge < -0.3 is 20.9 Å². The Kier molecular flexibility index (Phi) is 12.4. The third-order valence-electron chi connectivity index (χ3n) is 7.86. The highest BCUT2D eigenvalue weighted by Gasteiger charge is 2.35. The van der Waals surface area contributed by atoms with Gasteiger partial charge >= 0.3 is 6.03 Å². The molecule has 2 aromatic rings. The molecule has 248 valence electrons. The maximum absolute atomic E-state index is 14.4. The Labute approximate surface area is 267 Å². The van der Waals surface area contributed by atoms with Gasteiger partial charge in [-0.3, -0.25) is 10.0 Å². The molecular formula is C32H49N7O5S. The molecule has 45 heavy (non-hydrogen) atoms. The zero-order valence-corrected chi connectivity index (χ0v) is 28.2. The number of piperazine rings is 1. The summed E-state index contributed by atoms with van der Waals surface area (Å²) in [5.74, 6) is -0.538. The number of aliphatic imine (C=N–C) groups is 1. The molecule has 1 aliphatic rings. The molecule has 0 bridgehead atoms. The molecule has 0 spiro atoms. The Balaban J connectivity index is 2.05. The Morgan fingerprint density at radius 1 is 0.933 bits per heavy atom. The Morgan fingerprint density at radius 2 is 1.51 bits per heavy atom. The molecule has 1 heterocycles. The van der Waals surface area contributed by atoms with Crippen molar-refractivity contribution in [3.05, 3.63) is 58.7 Å². The molecule has 13 heteroatoms. The summed E-state index contributed by atoms with van der Waals surface area (Å²) in [6, 6.07) is 9.46. The van der Waals surface area contributed by atoms with Gasteiger partial charge in [-0.15, -0.1) is 0 Å². The molecule has 0 aliphatic carbocycles. The second-order valence-corrected chi connectivity index (χ2v) is 13.9. The number of guanidine groups is 1. The standard InChI is InChI=1S/C32H49N7O5S/c1-8-34-32(41)39-14-12-38(13-15-39)30(40)28(17-23-10-9-11-25(16-23)35-31(33)36-42)37-45(43,44)29-26(21(4)5)18-24(20(2)3)19-27(29)22(6)7/h9-11,16,18-22,28,37,42H,8,12-15,17H2,1-7H3,(H,34,41)(H3,33,35,36)/t28-/m0/s1. The predicted molar refractivity (Wildman–Crippen MR) is 176 cm³/mol. The van der Waals surface area contributed by atoms with Gasteiger partial charge in [-0.2, -0.15) is 4.72 Å². The number of nitrogens with zero attached hydrogens (tertiary/aromatic N) is 3. The van der Waals surface area contributed by atoms with E-state index in [1.807, 2.05) is 46.8 Å². The summed E-state index contributed by atoms with van der Waals surface area (Å²) in [7, 11) is -4.18. The maximum atomic E-state index is 14.4. The van der Waals surface area contributed by atoms with Crippen molar-refractivity contribution in [3.63, 3.8) is 0 Å². The van der Waals surface area contributed by atoms with Gasteiger partial charge in [0.2, 0.25) is 21.9 Å². The molecule has 12 nitrogen and oxygen atoms in total. The summed E-state index contributed by atoms with van der Waals surface area (Å²) in [5, 5.41) is 11.8. The van der Waals surface area contributed by atoms with Crippen LogP contribution in [0.15, 0.2) is 46.3 Å². The van der Waals surface area contributed by atoms with Gasteiger partial charge in [0.1, 0.15) is 6.04 Å². The van der Waals surface area contributed by atoms with E-state index in [9.17, 15) is 18.0 Å². The summed E-state index contributed by atoms with van der Waals surface area (Å²) in [6.07, 6.45) is 0.0442. The van der Waals surface area contributed by atoms with Crippen LogP contribution in [-0.4, -0.2) is 80.1 Å². The van der Waals surface area contributed by atoms with Gasteiger partial charge in [0.25, 0.3) is 0 Å². The number of carbonyl (C=O) groups excluding carboxylic acids is 2. The quantitative estimate of drug-likeness (QED) is 0.141. The lowest BCUT2D eigenvalue weighted by molar-refractivity contribution is -0.134. The van der Waals surface area contributed by atoms with Crippen molar-refractivity contribution < 1.29 is 23.2 Å². The fourth-order valence-corrected chi connectivity index (χ4v) is 7.28. The summed E-state index contributed by atoms with van der Waals surface area (Å²) in [6.45, 7) is 15.6. The van der Waals surface area contributed by atoms with Gasteiger partial charge in [-0.05, 0) is 65.5 Å². The van der Waals surface area contributed by atoms with E-state index in [0.29, 0.717) is 42.0 Å². The van der Waals surface area contributed by atoms with E-state index < -0.39 is 16.1 Å². The van der Waals surface area contributed by atoms with Gasteiger partial charge in [0.15, 0.2) is 0 Å². The number of nitrogens with two attached hydrogens (primary N) is 1. The number of urea groups is 1. The van der Waals surface area contributed by atoms with E-state index in [-0.39, 0.29) is 60.1 Å². The molecule has 3 rings (SSSR count). The molecule has 2 aromatic carbocycles. The topological polar surface area (TPSA) is 169 Å². The normalized spacial score (nSPS) is 15.1. The smallest absolute Gasteiger partial charge is 0.317 e. The minimum Gasteiger partial charge on any atom is -0.368 e. The lowest BCUT2D eigenvalue weighted by atomic mass is 9.89. The van der Waals surface area contributed by atoms with Crippen molar-refractivity contribution in [2.75, 3.05) is 32.7 Å². The molecule has 0 aromatic heterocycles. The van der Waals surface area contributed by atoms with E-state index in [0.717, 1.165) is 5.56 Å². The molecule has 1 saturated heterocycles. The number of nitrogens with one attached hydrogen (secondary N) is 3. The van der Waals surface area contributed by atoms with Crippen LogP contribution in [-0.2, 0) is 21.2 Å². The van der Waals surface area contributed by atoms with Crippen LogP contribution in [0.25, 0.3) is 0 Å². The number of hydroxylamine groups is 1. The lowest BCUT2D eigenvalue weighted by Gasteiger charge is -2.36. The van der Waals surface area contributed by atoms with Crippen molar-refractivity contribution in [2.24, 2.45) is 10.7 Å². The lowest BCUT2D eigenvalue weighted by Crippen LogP contribution is -2.57. The molecule has 1 atom stereocenters. The van der Waals surface area contributed by atoms with E-state index in [1.54, 1.807) is 39.5 Å². The first kappa shape index (κ1) is 35.8. The first-order valence-electron chi connectivity index (χ1n) is 15.5. The summed E-state index contributed by atoms with van der Waals surface area (Å²) in [4.78, 5) is 34.0. The van der Waals surface area contributed by atoms with Crippen LogP contribution < -0.4 is 21.3 Å². The summed E-state index contributed by atoms with van der Waals surface area (Å²) < 4.78 is 31.6. The Hall–Kier alpha value is -3.68. The number of amides is 3. The van der Waals surface area contributed by atoms with E-state index in [1.165, 1.54) is 0 Å². The number of benzene rings is 2. The van der Waals surface area contributed by atoms with Crippen molar-refractivity contribution in [1.82, 2.24) is 25.3 Å². The predicted octanol–water partition coefficient (Wildman–Crippen LogP) is 3.75. The number of rotatable bonds is 11. The molecule has 0 unspecified atom stereocenters. The molecule has 3 amide bonds. The Bertz CT molecular complexity index is 1450. The summed E-state index contributed by atoms with van der Waals surface area (Å²) in [5.41, 5.74) is 10.9. The second-order valence-electron chi connectivity index (χ2n) is 12.3. The number of hydrogen-bond donors (Lipinski definition) is 5. The molecule has 6 N–H and O–H groups in total. The SMILES string of the molecule is CCNC(=O)N1CCN(C(=O)[C@H](Cc2cccc(N=C(N)NO)c2)NS(=O)(=O)c2c(C(C)C)cc(C(C)C)cc2C(C)C)CC1. The molecular weight excluding hydrogens is 594 g/mol. The fraction of sp³-hybridized carbons (Fsp3) is 0.531. The van der Waals surface area contributed by atoms with Crippen LogP contribution in [0.4, 0.5) is 10.5 Å². The van der Waals surface area contributed by atoms with Crippen molar-refractivity contribution in [1.29, 1.82) is 0 Å². The molecule has 0 radical (unpaired) electrons. The van der Waals surface area contributed by atoms with Crippen molar-refractivity contribution in [2.45, 2.75) is 83.6 Å². The molecule has 0 saturated carbocycles. The zero-order valence-electron chi connectivity index (χ0n) is 27.4. The van der Waals surface area contributed by atoms with Gasteiger partial charge in [0.05, 0.1) is 10.6 Å². The first-order chi connectivity index (χ1) is 21.2. The van der Waals surface area contributed by atoms with E-state index >= 15 is 0 Å². The zero-order chi connectivity index (χ0) is 33.5. The summed E-state index contributed by atoms with van der Waals surface area (Å²) >= 11 is 0. The van der Waals surface area contributed by atoms with Crippen molar-refractivity contribution >= 4 is 33.6 Å². The minimum absolute atomic E-state index is 0.0442. The monoisotopic (exact) mass is 643 g/mol. The first-order valence-corrected chi connectivity index (χ1v) is 17.0. The van der Waals surface area contributed by atoms with Crippen molar-refractivity contribution in [3.8, 4) is 0 Å².